The molecule has 0 aromatic heterocycles. The van der Waals surface area contributed by atoms with Gasteiger partial charge in [0.1, 0.15) is 0 Å². The molecular weight excluding hydrogens is 310 g/mol. The Hall–Kier alpha value is -3.15. The summed E-state index contributed by atoms with van der Waals surface area (Å²) in [6, 6.07) is 13.1. The van der Waals surface area contributed by atoms with Crippen LogP contribution in [0, 0.1) is 6.92 Å². The minimum Gasteiger partial charge on any atom is -0.465 e. The quantitative estimate of drug-likeness (QED) is 0.854. The predicted molar refractivity (Wildman–Crippen MR) is 87.9 cm³/mol. The van der Waals surface area contributed by atoms with Gasteiger partial charge in [0.05, 0.1) is 18.2 Å². The Morgan fingerprint density at radius 3 is 2.29 bits per heavy atom. The Kier molecular flexibility index (Phi) is 5.68. The number of esters is 2. The highest BCUT2D eigenvalue weighted by Crippen LogP contribution is 2.11. The number of rotatable bonds is 5. The maximum Gasteiger partial charge on any atom is 0.338 e. The molecule has 0 aliphatic carbocycles. The first-order valence-electron chi connectivity index (χ1n) is 7.21. The molecule has 0 saturated heterocycles. The lowest BCUT2D eigenvalue weighted by molar-refractivity contribution is -0.119. The SMILES string of the molecule is COC(=O)c1ccc(NC(=O)COC(=O)c2cccc(C)c2)cc1. The molecule has 2 aromatic carbocycles. The van der Waals surface area contributed by atoms with E-state index >= 15 is 0 Å². The van der Waals surface area contributed by atoms with Crippen LogP contribution in [0.4, 0.5) is 5.69 Å². The average molecular weight is 327 g/mol. The number of nitrogens with one attached hydrogen (secondary N) is 1. The Morgan fingerprint density at radius 2 is 1.67 bits per heavy atom. The molecule has 0 unspecified atom stereocenters. The maximum absolute atomic E-state index is 11.9. The molecule has 0 bridgehead atoms. The molecule has 0 fully saturated rings. The predicted octanol–water partition coefficient (Wildman–Crippen LogP) is 2.58. The zero-order valence-corrected chi connectivity index (χ0v) is 13.4. The number of aryl methyl sites for hydroxylation is 1. The van der Waals surface area contributed by atoms with Gasteiger partial charge in [0.25, 0.3) is 5.91 Å². The molecule has 0 atom stereocenters. The van der Waals surface area contributed by atoms with Gasteiger partial charge in [-0.3, -0.25) is 4.79 Å². The molecule has 0 aliphatic heterocycles. The van der Waals surface area contributed by atoms with Crippen LogP contribution in [-0.4, -0.2) is 31.6 Å². The molecule has 6 heteroatoms. The van der Waals surface area contributed by atoms with Gasteiger partial charge in [0.15, 0.2) is 6.61 Å². The third-order valence-electron chi connectivity index (χ3n) is 3.18. The second-order valence-electron chi connectivity index (χ2n) is 5.06. The molecule has 124 valence electrons. The molecule has 2 rings (SSSR count). The number of ether oxygens (including phenoxy) is 2. The number of carbonyl (C=O) groups excluding carboxylic acids is 3. The van der Waals surface area contributed by atoms with E-state index in [1.54, 1.807) is 30.3 Å². The minimum atomic E-state index is -0.560. The number of hydrogen-bond donors (Lipinski definition) is 1. The summed E-state index contributed by atoms with van der Waals surface area (Å²) in [7, 11) is 1.29. The van der Waals surface area contributed by atoms with Gasteiger partial charge < -0.3 is 14.8 Å². The number of hydrogen-bond acceptors (Lipinski definition) is 5. The lowest BCUT2D eigenvalue weighted by Crippen LogP contribution is -2.21. The van der Waals surface area contributed by atoms with Crippen molar-refractivity contribution in [1.82, 2.24) is 0 Å². The van der Waals surface area contributed by atoms with Crippen LogP contribution in [0.2, 0.25) is 0 Å². The first-order chi connectivity index (χ1) is 11.5. The van der Waals surface area contributed by atoms with Crippen molar-refractivity contribution in [2.45, 2.75) is 6.92 Å². The summed E-state index contributed by atoms with van der Waals surface area (Å²) in [5, 5.41) is 2.58. The van der Waals surface area contributed by atoms with E-state index in [2.05, 4.69) is 10.1 Å². The van der Waals surface area contributed by atoms with Crippen LogP contribution in [0.15, 0.2) is 48.5 Å². The number of methoxy groups -OCH3 is 1. The summed E-state index contributed by atoms with van der Waals surface area (Å²) in [4.78, 5) is 35.0. The molecule has 1 amide bonds. The van der Waals surface area contributed by atoms with Crippen LogP contribution >= 0.6 is 0 Å². The molecular formula is C18H17NO5. The Bertz CT molecular complexity index is 752. The van der Waals surface area contributed by atoms with Crippen LogP contribution in [-0.2, 0) is 14.3 Å². The van der Waals surface area contributed by atoms with Gasteiger partial charge >= 0.3 is 11.9 Å². The fourth-order valence-electron chi connectivity index (χ4n) is 1.99. The Balaban J connectivity index is 1.87. The second kappa shape index (κ2) is 7.92. The molecule has 0 aliphatic rings. The van der Waals surface area contributed by atoms with E-state index in [-0.39, 0.29) is 0 Å². The molecule has 0 heterocycles. The van der Waals surface area contributed by atoms with Gasteiger partial charge in [0, 0.05) is 5.69 Å². The van der Waals surface area contributed by atoms with Crippen molar-refractivity contribution in [3.05, 3.63) is 65.2 Å². The zero-order chi connectivity index (χ0) is 17.5. The normalized spacial score (nSPS) is 9.92. The van der Waals surface area contributed by atoms with Crippen molar-refractivity contribution < 1.29 is 23.9 Å². The highest BCUT2D eigenvalue weighted by molar-refractivity contribution is 5.96. The topological polar surface area (TPSA) is 81.7 Å². The number of amides is 1. The summed E-state index contributed by atoms with van der Waals surface area (Å²) < 4.78 is 9.56. The summed E-state index contributed by atoms with van der Waals surface area (Å²) in [6.07, 6.45) is 0. The molecule has 24 heavy (non-hydrogen) atoms. The molecule has 0 saturated carbocycles. The average Bonchev–Trinajstić information content (AvgIpc) is 2.59. The smallest absolute Gasteiger partial charge is 0.338 e. The largest absolute Gasteiger partial charge is 0.465 e. The molecule has 0 radical (unpaired) electrons. The van der Waals surface area contributed by atoms with E-state index in [0.717, 1.165) is 5.56 Å². The van der Waals surface area contributed by atoms with Gasteiger partial charge in [0.2, 0.25) is 0 Å². The van der Waals surface area contributed by atoms with Crippen molar-refractivity contribution in [1.29, 1.82) is 0 Å². The fourth-order valence-corrected chi connectivity index (χ4v) is 1.99. The van der Waals surface area contributed by atoms with Crippen molar-refractivity contribution >= 4 is 23.5 Å². The van der Waals surface area contributed by atoms with E-state index in [0.29, 0.717) is 16.8 Å². The van der Waals surface area contributed by atoms with E-state index in [1.807, 2.05) is 13.0 Å². The minimum absolute atomic E-state index is 0.376. The summed E-state index contributed by atoms with van der Waals surface area (Å²) in [6.45, 7) is 1.47. The van der Waals surface area contributed by atoms with Crippen LogP contribution in [0.1, 0.15) is 26.3 Å². The number of benzene rings is 2. The monoisotopic (exact) mass is 327 g/mol. The summed E-state index contributed by atoms with van der Waals surface area (Å²) in [5.41, 5.74) is 2.19. The van der Waals surface area contributed by atoms with Crippen LogP contribution in [0.25, 0.3) is 0 Å². The maximum atomic E-state index is 11.9. The third-order valence-corrected chi connectivity index (χ3v) is 3.18. The highest BCUT2D eigenvalue weighted by Gasteiger charge is 2.11. The van der Waals surface area contributed by atoms with Gasteiger partial charge in [-0.15, -0.1) is 0 Å². The lowest BCUT2D eigenvalue weighted by Gasteiger charge is -2.07. The van der Waals surface area contributed by atoms with Crippen LogP contribution < -0.4 is 5.32 Å². The molecule has 2 aromatic rings. The molecule has 0 spiro atoms. The zero-order valence-electron chi connectivity index (χ0n) is 13.4. The highest BCUT2D eigenvalue weighted by atomic mass is 16.5. The molecule has 6 nitrogen and oxygen atoms in total. The number of anilines is 1. The first kappa shape index (κ1) is 17.2. The van der Waals surface area contributed by atoms with Gasteiger partial charge in [-0.1, -0.05) is 17.7 Å². The van der Waals surface area contributed by atoms with Gasteiger partial charge in [-0.25, -0.2) is 9.59 Å². The van der Waals surface area contributed by atoms with Crippen molar-refractivity contribution in [3.63, 3.8) is 0 Å². The van der Waals surface area contributed by atoms with E-state index in [9.17, 15) is 14.4 Å². The van der Waals surface area contributed by atoms with E-state index < -0.39 is 24.5 Å². The Labute approximate surface area is 139 Å². The van der Waals surface area contributed by atoms with Crippen molar-refractivity contribution in [2.24, 2.45) is 0 Å². The van der Waals surface area contributed by atoms with Crippen LogP contribution in [0.3, 0.4) is 0 Å². The summed E-state index contributed by atoms with van der Waals surface area (Å²) in [5.74, 6) is -1.49. The van der Waals surface area contributed by atoms with Gasteiger partial charge in [-0.2, -0.15) is 0 Å². The Morgan fingerprint density at radius 1 is 0.958 bits per heavy atom. The number of carbonyl (C=O) groups is 3. The lowest BCUT2D eigenvalue weighted by atomic mass is 10.1. The summed E-state index contributed by atoms with van der Waals surface area (Å²) >= 11 is 0. The van der Waals surface area contributed by atoms with E-state index in [1.165, 1.54) is 19.2 Å². The van der Waals surface area contributed by atoms with Crippen LogP contribution in [0.5, 0.6) is 0 Å². The van der Waals surface area contributed by atoms with Gasteiger partial charge in [-0.05, 0) is 43.3 Å². The first-order valence-corrected chi connectivity index (χ1v) is 7.21. The second-order valence-corrected chi connectivity index (χ2v) is 5.06. The van der Waals surface area contributed by atoms with Crippen molar-refractivity contribution in [2.75, 3.05) is 19.0 Å². The standard InChI is InChI=1S/C18H17NO5/c1-12-4-3-5-14(10-12)18(22)24-11-16(20)19-15-8-6-13(7-9-15)17(21)23-2/h3-10H,11H2,1-2H3,(H,19,20). The molecule has 1 N–H and O–H groups in total. The fraction of sp³-hybridized carbons (Fsp3) is 0.167. The van der Waals surface area contributed by atoms with Crippen molar-refractivity contribution in [3.8, 4) is 0 Å². The third kappa shape index (κ3) is 4.67. The van der Waals surface area contributed by atoms with E-state index in [4.69, 9.17) is 4.74 Å².